The molecule has 0 unspecified atom stereocenters. The zero-order chi connectivity index (χ0) is 7.56. The highest BCUT2D eigenvalue weighted by Crippen LogP contribution is 2.28. The second-order valence-electron chi connectivity index (χ2n) is 2.31. The number of nitrogens with zero attached hydrogens (tertiary/aromatic N) is 2. The quantitative estimate of drug-likeness (QED) is 0.565. The van der Waals surface area contributed by atoms with E-state index in [0.29, 0.717) is 11.7 Å². The van der Waals surface area contributed by atoms with E-state index in [0.717, 1.165) is 4.88 Å². The van der Waals surface area contributed by atoms with Gasteiger partial charge in [-0.2, -0.15) is 0 Å². The fourth-order valence-corrected chi connectivity index (χ4v) is 1.47. The van der Waals surface area contributed by atoms with Crippen LogP contribution in [0.25, 0.3) is 4.85 Å². The van der Waals surface area contributed by atoms with Crippen molar-refractivity contribution in [2.24, 2.45) is 0 Å². The molecule has 0 spiro atoms. The summed E-state index contributed by atoms with van der Waals surface area (Å²) >= 11 is 1.56. The van der Waals surface area contributed by atoms with E-state index in [1.165, 1.54) is 0 Å². The van der Waals surface area contributed by atoms with Crippen LogP contribution in [-0.4, -0.2) is 4.98 Å². The van der Waals surface area contributed by atoms with E-state index in [1.54, 1.807) is 16.8 Å². The second-order valence-corrected chi connectivity index (χ2v) is 3.19. The molecule has 0 bridgehead atoms. The smallest absolute Gasteiger partial charge is 0.283 e. The maximum atomic E-state index is 6.76. The molecule has 0 fully saturated rings. The lowest BCUT2D eigenvalue weighted by Crippen LogP contribution is -1.79. The van der Waals surface area contributed by atoms with Crippen molar-refractivity contribution in [3.63, 3.8) is 0 Å². The zero-order valence-corrected chi connectivity index (χ0v) is 6.77. The average Bonchev–Trinajstić information content (AvgIpc) is 2.33. The fraction of sp³-hybridized carbons (Fsp3) is 0.429. The van der Waals surface area contributed by atoms with E-state index in [9.17, 15) is 0 Å². The molecule has 0 saturated heterocycles. The van der Waals surface area contributed by atoms with Crippen LogP contribution in [0.5, 0.6) is 0 Å². The van der Waals surface area contributed by atoms with Crippen LogP contribution in [-0.2, 0) is 0 Å². The van der Waals surface area contributed by atoms with Crippen molar-refractivity contribution in [2.45, 2.75) is 19.8 Å². The SMILES string of the molecule is [C-]#[N+]c1ncsc1C(C)C. The lowest BCUT2D eigenvalue weighted by molar-refractivity contribution is 0.890. The molecule has 1 heterocycles. The van der Waals surface area contributed by atoms with Crippen molar-refractivity contribution < 1.29 is 0 Å². The monoisotopic (exact) mass is 152 g/mol. The Bertz CT molecular complexity index is 257. The first-order valence-electron chi connectivity index (χ1n) is 3.06. The minimum absolute atomic E-state index is 0.427. The molecule has 1 aromatic heterocycles. The molecule has 0 saturated carbocycles. The van der Waals surface area contributed by atoms with Crippen molar-refractivity contribution in [2.75, 3.05) is 0 Å². The fourth-order valence-electron chi connectivity index (χ4n) is 0.728. The third kappa shape index (κ3) is 1.17. The number of hydrogen-bond acceptors (Lipinski definition) is 2. The van der Waals surface area contributed by atoms with E-state index < -0.39 is 0 Å². The molecule has 0 aliphatic rings. The number of aromatic nitrogens is 1. The molecule has 1 rings (SSSR count). The Balaban J connectivity index is 3.05. The van der Waals surface area contributed by atoms with E-state index in [1.807, 2.05) is 0 Å². The van der Waals surface area contributed by atoms with E-state index in [-0.39, 0.29) is 0 Å². The van der Waals surface area contributed by atoms with Crippen LogP contribution in [0, 0.1) is 6.57 Å². The van der Waals surface area contributed by atoms with Crippen LogP contribution < -0.4 is 0 Å². The molecule has 0 aromatic carbocycles. The van der Waals surface area contributed by atoms with Gasteiger partial charge in [-0.25, -0.2) is 0 Å². The van der Waals surface area contributed by atoms with Crippen molar-refractivity contribution in [1.29, 1.82) is 0 Å². The Morgan fingerprint density at radius 2 is 2.40 bits per heavy atom. The average molecular weight is 152 g/mol. The molecule has 52 valence electrons. The van der Waals surface area contributed by atoms with Crippen LogP contribution in [0.4, 0.5) is 5.82 Å². The van der Waals surface area contributed by atoms with Gasteiger partial charge in [-0.05, 0) is 5.92 Å². The highest BCUT2D eigenvalue weighted by atomic mass is 32.1. The van der Waals surface area contributed by atoms with Gasteiger partial charge in [0.05, 0.1) is 0 Å². The van der Waals surface area contributed by atoms with Gasteiger partial charge in [0.25, 0.3) is 5.82 Å². The molecule has 2 nitrogen and oxygen atoms in total. The third-order valence-corrected chi connectivity index (χ3v) is 2.32. The summed E-state index contributed by atoms with van der Waals surface area (Å²) < 4.78 is 0. The van der Waals surface area contributed by atoms with Gasteiger partial charge >= 0.3 is 0 Å². The van der Waals surface area contributed by atoms with Gasteiger partial charge in [0.2, 0.25) is 0 Å². The van der Waals surface area contributed by atoms with Gasteiger partial charge < -0.3 is 4.85 Å². The first-order chi connectivity index (χ1) is 4.75. The van der Waals surface area contributed by atoms with Crippen molar-refractivity contribution in [3.05, 3.63) is 21.8 Å². The maximum absolute atomic E-state index is 6.76. The predicted octanol–water partition coefficient (Wildman–Crippen LogP) is 2.82. The lowest BCUT2D eigenvalue weighted by atomic mass is 10.2. The Labute approximate surface area is 64.4 Å². The normalized spacial score (nSPS) is 9.80. The van der Waals surface area contributed by atoms with Crippen LogP contribution in [0.2, 0.25) is 0 Å². The predicted molar refractivity (Wildman–Crippen MR) is 42.5 cm³/mol. The topological polar surface area (TPSA) is 17.2 Å². The molecule has 0 aliphatic carbocycles. The van der Waals surface area contributed by atoms with Gasteiger partial charge in [0, 0.05) is 4.88 Å². The zero-order valence-electron chi connectivity index (χ0n) is 5.96. The van der Waals surface area contributed by atoms with Crippen LogP contribution in [0.15, 0.2) is 5.51 Å². The number of hydrogen-bond donors (Lipinski definition) is 0. The summed E-state index contributed by atoms with van der Waals surface area (Å²) in [5.41, 5.74) is 1.72. The first kappa shape index (κ1) is 7.23. The van der Waals surface area contributed by atoms with Gasteiger partial charge in [0.1, 0.15) is 0 Å². The summed E-state index contributed by atoms with van der Waals surface area (Å²) in [5, 5.41) is 0. The molecule has 10 heavy (non-hydrogen) atoms. The van der Waals surface area contributed by atoms with Gasteiger partial charge in [-0.15, -0.1) is 16.3 Å². The van der Waals surface area contributed by atoms with E-state index in [4.69, 9.17) is 6.57 Å². The maximum Gasteiger partial charge on any atom is 0.283 e. The summed E-state index contributed by atoms with van der Waals surface area (Å²) in [5.74, 6) is 0.997. The summed E-state index contributed by atoms with van der Waals surface area (Å²) in [7, 11) is 0. The Morgan fingerprint density at radius 3 is 2.80 bits per heavy atom. The molecular weight excluding hydrogens is 144 g/mol. The largest absolute Gasteiger partial charge is 0.360 e. The van der Waals surface area contributed by atoms with Crippen LogP contribution in [0.1, 0.15) is 24.6 Å². The van der Waals surface area contributed by atoms with E-state index >= 15 is 0 Å². The highest BCUT2D eigenvalue weighted by molar-refractivity contribution is 7.10. The van der Waals surface area contributed by atoms with Crippen molar-refractivity contribution in [3.8, 4) is 0 Å². The Kier molecular flexibility index (Phi) is 2.03. The van der Waals surface area contributed by atoms with Gasteiger partial charge in [-0.3, -0.25) is 0 Å². The molecule has 0 atom stereocenters. The van der Waals surface area contributed by atoms with Gasteiger partial charge in [0.15, 0.2) is 5.51 Å². The molecule has 1 aromatic rings. The molecular formula is C7H8N2S. The molecule has 3 heteroatoms. The Morgan fingerprint density at radius 1 is 1.70 bits per heavy atom. The molecule has 0 aliphatic heterocycles. The van der Waals surface area contributed by atoms with Crippen molar-refractivity contribution in [1.82, 2.24) is 4.98 Å². The van der Waals surface area contributed by atoms with Crippen molar-refractivity contribution >= 4 is 17.2 Å². The second kappa shape index (κ2) is 2.80. The molecule has 0 radical (unpaired) electrons. The summed E-state index contributed by atoms with van der Waals surface area (Å²) in [6, 6.07) is 0. The number of rotatable bonds is 1. The minimum atomic E-state index is 0.427. The standard InChI is InChI=1S/C7H8N2S/c1-5(2)6-7(8-3)9-4-10-6/h4-5H,1-2H3. The third-order valence-electron chi connectivity index (χ3n) is 1.21. The lowest BCUT2D eigenvalue weighted by Gasteiger charge is -1.98. The summed E-state index contributed by atoms with van der Waals surface area (Å²) in [6.45, 7) is 10.9. The molecule has 0 amide bonds. The first-order valence-corrected chi connectivity index (χ1v) is 3.94. The summed E-state index contributed by atoms with van der Waals surface area (Å²) in [4.78, 5) is 8.31. The van der Waals surface area contributed by atoms with Crippen LogP contribution in [0.3, 0.4) is 0 Å². The Hall–Kier alpha value is -0.880. The van der Waals surface area contributed by atoms with E-state index in [2.05, 4.69) is 23.7 Å². The number of thiazole rings is 1. The van der Waals surface area contributed by atoms with Crippen LogP contribution >= 0.6 is 11.3 Å². The molecule has 0 N–H and O–H groups in total. The van der Waals surface area contributed by atoms with Gasteiger partial charge in [-0.1, -0.05) is 20.4 Å². The summed E-state index contributed by atoms with van der Waals surface area (Å²) in [6.07, 6.45) is 0. The minimum Gasteiger partial charge on any atom is -0.360 e. The highest BCUT2D eigenvalue weighted by Gasteiger charge is 2.08.